The molecule has 4 rings (SSSR count). The Kier molecular flexibility index (Phi) is 4.02. The Bertz CT molecular complexity index is 877. The van der Waals surface area contributed by atoms with E-state index in [9.17, 15) is 4.79 Å². The van der Waals surface area contributed by atoms with Crippen LogP contribution >= 0.6 is 0 Å². The summed E-state index contributed by atoms with van der Waals surface area (Å²) in [5.74, 6) is 0.163. The molecule has 1 saturated carbocycles. The summed E-state index contributed by atoms with van der Waals surface area (Å²) in [4.78, 5) is 15.2. The highest BCUT2D eigenvalue weighted by Crippen LogP contribution is 2.47. The number of nitrogens with zero attached hydrogens (tertiary/aromatic N) is 3. The molecule has 1 amide bonds. The molecule has 0 spiro atoms. The molecule has 0 N–H and O–H groups in total. The van der Waals surface area contributed by atoms with Gasteiger partial charge in [0.2, 0.25) is 0 Å². The molecule has 2 heterocycles. The van der Waals surface area contributed by atoms with Crippen LogP contribution in [0, 0.1) is 19.3 Å². The zero-order chi connectivity index (χ0) is 18.5. The Balaban J connectivity index is 1.57. The minimum Gasteiger partial charge on any atom is -0.335 e. The summed E-state index contributed by atoms with van der Waals surface area (Å²) < 4.78 is 1.92. The van der Waals surface area contributed by atoms with Crippen LogP contribution in [0.3, 0.4) is 0 Å². The van der Waals surface area contributed by atoms with E-state index in [2.05, 4.69) is 36.0 Å². The minimum atomic E-state index is 0.163. The van der Waals surface area contributed by atoms with E-state index in [0.717, 1.165) is 48.4 Å². The maximum Gasteiger partial charge on any atom is 0.254 e. The molecule has 1 aliphatic heterocycles. The van der Waals surface area contributed by atoms with Crippen molar-refractivity contribution in [3.05, 3.63) is 58.9 Å². The van der Waals surface area contributed by atoms with E-state index in [0.29, 0.717) is 6.04 Å². The second kappa shape index (κ2) is 6.11. The third-order valence-corrected chi connectivity index (χ3v) is 5.91. The Morgan fingerprint density at radius 2 is 2.00 bits per heavy atom. The summed E-state index contributed by atoms with van der Waals surface area (Å²) in [5.41, 5.74) is 5.61. The van der Waals surface area contributed by atoms with Crippen LogP contribution in [0.2, 0.25) is 0 Å². The van der Waals surface area contributed by atoms with Gasteiger partial charge in [0, 0.05) is 23.8 Å². The summed E-state index contributed by atoms with van der Waals surface area (Å²) in [6.07, 6.45) is 5.52. The second-order valence-corrected chi connectivity index (χ2v) is 8.32. The lowest BCUT2D eigenvalue weighted by Gasteiger charge is -2.29. The highest BCUT2D eigenvalue weighted by molar-refractivity contribution is 5.95. The van der Waals surface area contributed by atoms with E-state index < -0.39 is 0 Å². The molecule has 136 valence electrons. The third-order valence-electron chi connectivity index (χ3n) is 5.91. The van der Waals surface area contributed by atoms with Crippen molar-refractivity contribution >= 4 is 5.91 Å². The number of rotatable bonds is 2. The van der Waals surface area contributed by atoms with Gasteiger partial charge in [0.05, 0.1) is 11.4 Å². The van der Waals surface area contributed by atoms with Crippen molar-refractivity contribution in [1.82, 2.24) is 14.7 Å². The van der Waals surface area contributed by atoms with E-state index >= 15 is 0 Å². The normalized spacial score (nSPS) is 26.5. The summed E-state index contributed by atoms with van der Waals surface area (Å²) in [5, 5.41) is 4.52. The van der Waals surface area contributed by atoms with Gasteiger partial charge >= 0.3 is 0 Å². The number of carbonyl (C=O) groups excluding carboxylic acids is 1. The van der Waals surface area contributed by atoms with Crippen LogP contribution < -0.4 is 0 Å². The zero-order valence-electron chi connectivity index (χ0n) is 16.1. The average molecular weight is 349 g/mol. The van der Waals surface area contributed by atoms with Crippen LogP contribution in [0.25, 0.3) is 5.69 Å². The van der Waals surface area contributed by atoms with Crippen molar-refractivity contribution in [1.29, 1.82) is 0 Å². The first kappa shape index (κ1) is 17.1. The van der Waals surface area contributed by atoms with Crippen molar-refractivity contribution in [3.8, 4) is 5.69 Å². The topological polar surface area (TPSA) is 38.1 Å². The molecule has 1 aromatic carbocycles. The van der Waals surface area contributed by atoms with Gasteiger partial charge < -0.3 is 4.90 Å². The average Bonchev–Trinajstić information content (AvgIpc) is 3.08. The number of allylic oxidation sites excluding steroid dienone is 1. The van der Waals surface area contributed by atoms with Crippen LogP contribution in [0.4, 0.5) is 0 Å². The first-order valence-corrected chi connectivity index (χ1v) is 9.47. The molecule has 2 aliphatic rings. The number of fused-ring (bicyclic) bond motifs is 2. The Morgan fingerprint density at radius 1 is 1.27 bits per heavy atom. The second-order valence-electron chi connectivity index (χ2n) is 8.32. The molecule has 2 bridgehead atoms. The fourth-order valence-corrected chi connectivity index (χ4v) is 4.78. The Hall–Kier alpha value is -2.36. The van der Waals surface area contributed by atoms with Crippen molar-refractivity contribution < 1.29 is 4.79 Å². The van der Waals surface area contributed by atoms with E-state index in [4.69, 9.17) is 0 Å². The van der Waals surface area contributed by atoms with Gasteiger partial charge in [0.25, 0.3) is 5.91 Å². The van der Waals surface area contributed by atoms with Gasteiger partial charge in [-0.25, -0.2) is 4.68 Å². The summed E-state index contributed by atoms with van der Waals surface area (Å²) in [7, 11) is 0. The van der Waals surface area contributed by atoms with Crippen molar-refractivity contribution in [2.75, 3.05) is 6.54 Å². The lowest BCUT2D eigenvalue weighted by atomic mass is 9.75. The maximum absolute atomic E-state index is 13.1. The van der Waals surface area contributed by atoms with Gasteiger partial charge in [-0.05, 0) is 75.8 Å². The molecule has 0 radical (unpaired) electrons. The smallest absolute Gasteiger partial charge is 0.254 e. The Labute approximate surface area is 155 Å². The molecule has 2 fully saturated rings. The largest absolute Gasteiger partial charge is 0.335 e. The molecule has 1 saturated heterocycles. The van der Waals surface area contributed by atoms with Gasteiger partial charge in [-0.2, -0.15) is 5.10 Å². The molecular weight excluding hydrogens is 322 g/mol. The molecule has 2 atom stereocenters. The predicted octanol–water partition coefficient (Wildman–Crippen LogP) is 4.45. The van der Waals surface area contributed by atoms with Gasteiger partial charge in [0.1, 0.15) is 0 Å². The van der Waals surface area contributed by atoms with E-state index in [1.165, 1.54) is 5.57 Å². The van der Waals surface area contributed by atoms with E-state index in [-0.39, 0.29) is 11.3 Å². The molecule has 2 unspecified atom stereocenters. The number of aryl methyl sites for hydroxylation is 2. The molecule has 4 heteroatoms. The third kappa shape index (κ3) is 2.87. The van der Waals surface area contributed by atoms with Crippen molar-refractivity contribution in [2.45, 2.75) is 53.0 Å². The van der Waals surface area contributed by atoms with Gasteiger partial charge in [-0.15, -0.1) is 0 Å². The highest BCUT2D eigenvalue weighted by atomic mass is 16.2. The quantitative estimate of drug-likeness (QED) is 0.751. The van der Waals surface area contributed by atoms with E-state index in [1.54, 1.807) is 0 Å². The van der Waals surface area contributed by atoms with Crippen LogP contribution in [-0.2, 0) is 0 Å². The van der Waals surface area contributed by atoms with Gasteiger partial charge in [-0.1, -0.05) is 18.6 Å². The summed E-state index contributed by atoms with van der Waals surface area (Å²) >= 11 is 0. The molecular formula is C22H27N3O. The number of likely N-dealkylation sites (tertiary alicyclic amines) is 1. The SMILES string of the molecule is C/C=C1/CC2CC(C)(C1)CN2C(=O)c1ccc(-n2nc(C)cc2C)cc1. The molecule has 1 aromatic heterocycles. The number of aromatic nitrogens is 2. The number of benzene rings is 1. The lowest BCUT2D eigenvalue weighted by Crippen LogP contribution is -2.35. The van der Waals surface area contributed by atoms with Gasteiger partial charge in [-0.3, -0.25) is 4.79 Å². The van der Waals surface area contributed by atoms with Crippen molar-refractivity contribution in [2.24, 2.45) is 5.41 Å². The number of hydrogen-bond donors (Lipinski definition) is 0. The zero-order valence-corrected chi connectivity index (χ0v) is 16.1. The highest BCUT2D eigenvalue weighted by Gasteiger charge is 2.46. The molecule has 26 heavy (non-hydrogen) atoms. The first-order valence-electron chi connectivity index (χ1n) is 9.47. The standard InChI is InChI=1S/C22H27N3O/c1-5-17-11-20-13-22(4,12-17)14-24(20)21(26)18-6-8-19(9-7-18)25-16(3)10-15(2)23-25/h5-10,20H,11-14H2,1-4H3/b17-5-. The minimum absolute atomic E-state index is 0.163. The number of amides is 1. The first-order chi connectivity index (χ1) is 12.4. The summed E-state index contributed by atoms with van der Waals surface area (Å²) in [6, 6.07) is 10.3. The summed E-state index contributed by atoms with van der Waals surface area (Å²) in [6.45, 7) is 9.34. The monoisotopic (exact) mass is 349 g/mol. The van der Waals surface area contributed by atoms with Crippen LogP contribution in [-0.4, -0.2) is 33.2 Å². The number of carbonyl (C=O) groups is 1. The molecule has 4 nitrogen and oxygen atoms in total. The van der Waals surface area contributed by atoms with Crippen LogP contribution in [0.15, 0.2) is 42.0 Å². The van der Waals surface area contributed by atoms with Crippen LogP contribution in [0.5, 0.6) is 0 Å². The fourth-order valence-electron chi connectivity index (χ4n) is 4.78. The van der Waals surface area contributed by atoms with E-state index in [1.807, 2.05) is 42.8 Å². The molecule has 1 aliphatic carbocycles. The number of hydrogen-bond acceptors (Lipinski definition) is 2. The molecule has 2 aromatic rings. The Morgan fingerprint density at radius 3 is 2.62 bits per heavy atom. The predicted molar refractivity (Wildman–Crippen MR) is 104 cm³/mol. The fraction of sp³-hybridized carbons (Fsp3) is 0.455. The van der Waals surface area contributed by atoms with Crippen LogP contribution in [0.1, 0.15) is 54.9 Å². The van der Waals surface area contributed by atoms with Crippen molar-refractivity contribution in [3.63, 3.8) is 0 Å². The lowest BCUT2D eigenvalue weighted by molar-refractivity contribution is 0.0732. The van der Waals surface area contributed by atoms with Gasteiger partial charge in [0.15, 0.2) is 0 Å². The maximum atomic E-state index is 13.1.